The van der Waals surface area contributed by atoms with Crippen molar-refractivity contribution in [3.63, 3.8) is 0 Å². The Balaban J connectivity index is 1.97. The van der Waals surface area contributed by atoms with Gasteiger partial charge >= 0.3 is 5.97 Å². The van der Waals surface area contributed by atoms with Crippen LogP contribution in [0.2, 0.25) is 0 Å². The van der Waals surface area contributed by atoms with Crippen molar-refractivity contribution in [2.24, 2.45) is 0 Å². The maximum absolute atomic E-state index is 13.2. The first-order chi connectivity index (χ1) is 11.9. The van der Waals surface area contributed by atoms with Crippen molar-refractivity contribution in [2.45, 2.75) is 20.4 Å². The van der Waals surface area contributed by atoms with Crippen LogP contribution in [0, 0.1) is 12.7 Å². The molecule has 2 rings (SSSR count). The molecule has 5 nitrogen and oxygen atoms in total. The summed E-state index contributed by atoms with van der Waals surface area (Å²) < 4.78 is 18.2. The Bertz CT molecular complexity index is 776. The molecule has 0 heterocycles. The molecule has 0 atom stereocenters. The summed E-state index contributed by atoms with van der Waals surface area (Å²) in [5.74, 6) is -1.70. The minimum Gasteiger partial charge on any atom is -0.507 e. The van der Waals surface area contributed by atoms with Crippen LogP contribution >= 0.6 is 0 Å². The Labute approximate surface area is 145 Å². The van der Waals surface area contributed by atoms with Gasteiger partial charge in [0.25, 0.3) is 5.91 Å². The Morgan fingerprint density at radius 1 is 1.20 bits per heavy atom. The summed E-state index contributed by atoms with van der Waals surface area (Å²) in [4.78, 5) is 25.7. The standard InChI is InChI=1S/C19H20FNO4/c1-3-21(11-14-7-5-8-15(20)10-14)17(22)12-25-19(24)16-9-4-6-13(2)18(16)23/h4-10,23H,3,11-12H2,1-2H3. The predicted molar refractivity (Wildman–Crippen MR) is 90.6 cm³/mol. The van der Waals surface area contributed by atoms with Crippen LogP contribution in [0.4, 0.5) is 4.39 Å². The molecular formula is C19H20FNO4. The third-order valence-corrected chi connectivity index (χ3v) is 3.78. The van der Waals surface area contributed by atoms with E-state index in [9.17, 15) is 19.1 Å². The zero-order valence-electron chi connectivity index (χ0n) is 14.2. The molecular weight excluding hydrogens is 325 g/mol. The van der Waals surface area contributed by atoms with Crippen LogP contribution in [0.5, 0.6) is 5.75 Å². The molecule has 0 fully saturated rings. The topological polar surface area (TPSA) is 66.8 Å². The smallest absolute Gasteiger partial charge is 0.342 e. The van der Waals surface area contributed by atoms with Crippen molar-refractivity contribution in [1.82, 2.24) is 4.90 Å². The second-order valence-electron chi connectivity index (χ2n) is 5.59. The Kier molecular flexibility index (Phi) is 6.11. The number of aromatic hydroxyl groups is 1. The number of para-hydroxylation sites is 1. The van der Waals surface area contributed by atoms with Gasteiger partial charge in [-0.25, -0.2) is 9.18 Å². The number of hydrogen-bond donors (Lipinski definition) is 1. The van der Waals surface area contributed by atoms with Gasteiger partial charge in [-0.1, -0.05) is 24.3 Å². The SMILES string of the molecule is CCN(Cc1cccc(F)c1)C(=O)COC(=O)c1cccc(C)c1O. The Morgan fingerprint density at radius 3 is 2.60 bits per heavy atom. The first-order valence-electron chi connectivity index (χ1n) is 7.90. The van der Waals surface area contributed by atoms with Gasteiger partial charge in [0.1, 0.15) is 17.1 Å². The summed E-state index contributed by atoms with van der Waals surface area (Å²) in [7, 11) is 0. The second kappa shape index (κ2) is 8.28. The number of phenols is 1. The van der Waals surface area contributed by atoms with Crippen LogP contribution in [0.3, 0.4) is 0 Å². The summed E-state index contributed by atoms with van der Waals surface area (Å²) in [6.45, 7) is 3.61. The molecule has 0 radical (unpaired) electrons. The lowest BCUT2D eigenvalue weighted by molar-refractivity contribution is -0.135. The average Bonchev–Trinajstić information content (AvgIpc) is 2.59. The van der Waals surface area contributed by atoms with Crippen LogP contribution in [0.25, 0.3) is 0 Å². The highest BCUT2D eigenvalue weighted by Gasteiger charge is 2.18. The summed E-state index contributed by atoms with van der Waals surface area (Å²) in [6.07, 6.45) is 0. The van der Waals surface area contributed by atoms with Gasteiger partial charge in [-0.05, 0) is 43.2 Å². The Morgan fingerprint density at radius 2 is 1.92 bits per heavy atom. The molecule has 0 bridgehead atoms. The normalized spacial score (nSPS) is 10.4. The van der Waals surface area contributed by atoms with E-state index in [1.807, 2.05) is 0 Å². The minimum absolute atomic E-state index is 0.0148. The minimum atomic E-state index is -0.767. The van der Waals surface area contributed by atoms with E-state index >= 15 is 0 Å². The van der Waals surface area contributed by atoms with Gasteiger partial charge in [-0.15, -0.1) is 0 Å². The summed E-state index contributed by atoms with van der Waals surface area (Å²) in [6, 6.07) is 10.7. The maximum atomic E-state index is 13.2. The fourth-order valence-corrected chi connectivity index (χ4v) is 2.35. The molecule has 0 unspecified atom stereocenters. The lowest BCUT2D eigenvalue weighted by atomic mass is 10.1. The number of rotatable bonds is 6. The number of ether oxygens (including phenoxy) is 1. The zero-order valence-corrected chi connectivity index (χ0v) is 14.2. The lowest BCUT2D eigenvalue weighted by Gasteiger charge is -2.21. The monoisotopic (exact) mass is 345 g/mol. The van der Waals surface area contributed by atoms with Crippen molar-refractivity contribution < 1.29 is 23.8 Å². The molecule has 132 valence electrons. The van der Waals surface area contributed by atoms with E-state index in [1.54, 1.807) is 38.1 Å². The largest absolute Gasteiger partial charge is 0.507 e. The summed E-state index contributed by atoms with van der Waals surface area (Å²) in [5.41, 5.74) is 1.21. The van der Waals surface area contributed by atoms with Gasteiger partial charge in [0, 0.05) is 13.1 Å². The van der Waals surface area contributed by atoms with Crippen molar-refractivity contribution >= 4 is 11.9 Å². The predicted octanol–water partition coefficient (Wildman–Crippen LogP) is 3.05. The highest BCUT2D eigenvalue weighted by molar-refractivity contribution is 5.94. The quantitative estimate of drug-likeness (QED) is 0.817. The molecule has 6 heteroatoms. The van der Waals surface area contributed by atoms with Crippen molar-refractivity contribution in [3.05, 3.63) is 65.0 Å². The van der Waals surface area contributed by atoms with E-state index in [4.69, 9.17) is 4.74 Å². The highest BCUT2D eigenvalue weighted by Crippen LogP contribution is 2.22. The average molecular weight is 345 g/mol. The van der Waals surface area contributed by atoms with E-state index in [1.165, 1.54) is 23.1 Å². The van der Waals surface area contributed by atoms with Gasteiger partial charge < -0.3 is 14.7 Å². The van der Waals surface area contributed by atoms with E-state index in [-0.39, 0.29) is 23.7 Å². The molecule has 2 aromatic carbocycles. The molecule has 0 aliphatic heterocycles. The van der Waals surface area contributed by atoms with Crippen LogP contribution in [-0.4, -0.2) is 35.0 Å². The van der Waals surface area contributed by atoms with Crippen LogP contribution < -0.4 is 0 Å². The molecule has 2 aromatic rings. The van der Waals surface area contributed by atoms with Crippen LogP contribution in [0.15, 0.2) is 42.5 Å². The molecule has 25 heavy (non-hydrogen) atoms. The number of halogens is 1. The van der Waals surface area contributed by atoms with Gasteiger partial charge in [0.15, 0.2) is 6.61 Å². The van der Waals surface area contributed by atoms with Crippen LogP contribution in [0.1, 0.15) is 28.4 Å². The number of benzene rings is 2. The van der Waals surface area contributed by atoms with Gasteiger partial charge in [-0.3, -0.25) is 4.79 Å². The highest BCUT2D eigenvalue weighted by atomic mass is 19.1. The Hall–Kier alpha value is -2.89. The lowest BCUT2D eigenvalue weighted by Crippen LogP contribution is -2.34. The molecule has 0 saturated carbocycles. The number of esters is 1. The fourth-order valence-electron chi connectivity index (χ4n) is 2.35. The molecule has 1 amide bonds. The van der Waals surface area contributed by atoms with E-state index < -0.39 is 18.5 Å². The van der Waals surface area contributed by atoms with Crippen molar-refractivity contribution in [1.29, 1.82) is 0 Å². The fraction of sp³-hybridized carbons (Fsp3) is 0.263. The molecule has 0 spiro atoms. The number of amides is 1. The molecule has 0 saturated heterocycles. The maximum Gasteiger partial charge on any atom is 0.342 e. The number of phenolic OH excluding ortho intramolecular Hbond substituents is 1. The summed E-state index contributed by atoms with van der Waals surface area (Å²) in [5, 5.41) is 9.88. The number of nitrogens with zero attached hydrogens (tertiary/aromatic N) is 1. The zero-order chi connectivity index (χ0) is 18.4. The van der Waals surface area contributed by atoms with E-state index in [0.29, 0.717) is 17.7 Å². The number of carbonyl (C=O) groups is 2. The molecule has 0 aromatic heterocycles. The first kappa shape index (κ1) is 18.4. The number of hydrogen-bond acceptors (Lipinski definition) is 4. The molecule has 0 aliphatic rings. The third kappa shape index (κ3) is 4.79. The van der Waals surface area contributed by atoms with Crippen LogP contribution in [-0.2, 0) is 16.1 Å². The summed E-state index contributed by atoms with van der Waals surface area (Å²) >= 11 is 0. The van der Waals surface area contributed by atoms with E-state index in [2.05, 4.69) is 0 Å². The second-order valence-corrected chi connectivity index (χ2v) is 5.59. The first-order valence-corrected chi connectivity index (χ1v) is 7.90. The van der Waals surface area contributed by atoms with Crippen molar-refractivity contribution in [3.8, 4) is 5.75 Å². The third-order valence-electron chi connectivity index (χ3n) is 3.78. The van der Waals surface area contributed by atoms with Gasteiger partial charge in [0.05, 0.1) is 0 Å². The number of carbonyl (C=O) groups excluding carboxylic acids is 2. The molecule has 0 aliphatic carbocycles. The van der Waals surface area contributed by atoms with E-state index in [0.717, 1.165) is 0 Å². The van der Waals surface area contributed by atoms with Gasteiger partial charge in [0.2, 0.25) is 0 Å². The van der Waals surface area contributed by atoms with Gasteiger partial charge in [-0.2, -0.15) is 0 Å². The molecule has 1 N–H and O–H groups in total. The van der Waals surface area contributed by atoms with Crippen molar-refractivity contribution in [2.75, 3.05) is 13.2 Å². The number of likely N-dealkylation sites (N-methyl/N-ethyl adjacent to an activating group) is 1. The number of aryl methyl sites for hydroxylation is 1.